The van der Waals surface area contributed by atoms with E-state index < -0.39 is 0 Å². The lowest BCUT2D eigenvalue weighted by atomic mass is 10.1. The molecule has 1 amide bonds. The first kappa shape index (κ1) is 20.4. The Hall–Kier alpha value is -1.69. The molecule has 2 heterocycles. The number of anilines is 2. The lowest BCUT2D eigenvalue weighted by Gasteiger charge is -2.19. The van der Waals surface area contributed by atoms with Crippen molar-refractivity contribution >= 4 is 53.8 Å². The van der Waals surface area contributed by atoms with Crippen LogP contribution in [0.2, 0.25) is 5.02 Å². The number of carbonyl (C=O) groups is 1. The fourth-order valence-electron chi connectivity index (χ4n) is 2.65. The van der Waals surface area contributed by atoms with Crippen LogP contribution in [0.5, 0.6) is 0 Å². The van der Waals surface area contributed by atoms with Crippen molar-refractivity contribution in [3.63, 3.8) is 0 Å². The number of rotatable bonds is 3. The van der Waals surface area contributed by atoms with Crippen LogP contribution >= 0.6 is 36.4 Å². The standard InChI is InChI=1S/C16H17ClN4O.2ClH/c17-13-5-3-8-19-15(13)21-9-7-11(10-21)20-16(22)12-4-1-2-6-14(12)18;;/h1-6,8,11H,7,9-10,18H2,(H,20,22);2*1H. The lowest BCUT2D eigenvalue weighted by Crippen LogP contribution is -2.37. The Labute approximate surface area is 158 Å². The highest BCUT2D eigenvalue weighted by molar-refractivity contribution is 6.32. The maximum atomic E-state index is 12.3. The molecule has 24 heavy (non-hydrogen) atoms. The zero-order chi connectivity index (χ0) is 15.5. The molecule has 1 saturated heterocycles. The number of nitrogen functional groups attached to an aromatic ring is 1. The van der Waals surface area contributed by atoms with Crippen molar-refractivity contribution < 1.29 is 4.79 Å². The number of nitrogens with one attached hydrogen (secondary N) is 1. The van der Waals surface area contributed by atoms with Gasteiger partial charge in [-0.15, -0.1) is 24.8 Å². The molecule has 1 aliphatic rings. The van der Waals surface area contributed by atoms with Crippen LogP contribution in [-0.4, -0.2) is 30.0 Å². The van der Waals surface area contributed by atoms with Gasteiger partial charge in [0.2, 0.25) is 0 Å². The van der Waals surface area contributed by atoms with Crippen molar-refractivity contribution in [2.75, 3.05) is 23.7 Å². The van der Waals surface area contributed by atoms with Crippen LogP contribution in [0.15, 0.2) is 42.6 Å². The lowest BCUT2D eigenvalue weighted by molar-refractivity contribution is 0.0941. The molecular formula is C16H19Cl3N4O. The Bertz CT molecular complexity index is 699. The van der Waals surface area contributed by atoms with Gasteiger partial charge < -0.3 is 16.0 Å². The molecule has 3 N–H and O–H groups in total. The number of hydrogen-bond donors (Lipinski definition) is 2. The molecule has 5 nitrogen and oxygen atoms in total. The number of halogens is 3. The summed E-state index contributed by atoms with van der Waals surface area (Å²) >= 11 is 6.17. The number of pyridine rings is 1. The van der Waals surface area contributed by atoms with E-state index in [1.807, 2.05) is 12.1 Å². The summed E-state index contributed by atoms with van der Waals surface area (Å²) in [4.78, 5) is 18.7. The molecule has 0 spiro atoms. The predicted octanol–water partition coefficient (Wildman–Crippen LogP) is 3.17. The van der Waals surface area contributed by atoms with Gasteiger partial charge in [-0.3, -0.25) is 4.79 Å². The molecule has 0 aliphatic carbocycles. The first-order valence-electron chi connectivity index (χ1n) is 7.16. The molecule has 1 aromatic carbocycles. The van der Waals surface area contributed by atoms with Crippen LogP contribution in [0.25, 0.3) is 0 Å². The minimum absolute atomic E-state index is 0. The van der Waals surface area contributed by atoms with E-state index in [1.165, 1.54) is 0 Å². The van der Waals surface area contributed by atoms with Crippen LogP contribution in [-0.2, 0) is 0 Å². The fraction of sp³-hybridized carbons (Fsp3) is 0.250. The van der Waals surface area contributed by atoms with Gasteiger partial charge in [-0.2, -0.15) is 0 Å². The highest BCUT2D eigenvalue weighted by atomic mass is 35.5. The highest BCUT2D eigenvalue weighted by Gasteiger charge is 2.26. The monoisotopic (exact) mass is 388 g/mol. The van der Waals surface area contributed by atoms with E-state index in [9.17, 15) is 4.79 Å². The molecule has 1 aliphatic heterocycles. The molecule has 1 atom stereocenters. The SMILES string of the molecule is Cl.Cl.Nc1ccccc1C(=O)NC1CCN(c2ncccc2Cl)C1. The number of nitrogens with zero attached hydrogens (tertiary/aromatic N) is 2. The molecule has 1 unspecified atom stereocenters. The van der Waals surface area contributed by atoms with Crippen molar-refractivity contribution in [2.24, 2.45) is 0 Å². The van der Waals surface area contributed by atoms with E-state index in [0.717, 1.165) is 18.8 Å². The van der Waals surface area contributed by atoms with Crippen molar-refractivity contribution in [1.82, 2.24) is 10.3 Å². The Morgan fingerprint density at radius 2 is 2.00 bits per heavy atom. The molecular weight excluding hydrogens is 371 g/mol. The average molecular weight is 390 g/mol. The Morgan fingerprint density at radius 3 is 2.71 bits per heavy atom. The number of benzene rings is 1. The Balaban J connectivity index is 0.00000144. The summed E-state index contributed by atoms with van der Waals surface area (Å²) in [6.45, 7) is 1.50. The Kier molecular flexibility index (Phi) is 7.60. The molecule has 1 fully saturated rings. The molecule has 2 aromatic rings. The van der Waals surface area contributed by atoms with Gasteiger partial charge in [0.25, 0.3) is 5.91 Å². The fourth-order valence-corrected chi connectivity index (χ4v) is 2.89. The molecule has 1 aromatic heterocycles. The summed E-state index contributed by atoms with van der Waals surface area (Å²) < 4.78 is 0. The third-order valence-corrected chi connectivity index (χ3v) is 4.06. The third kappa shape index (κ3) is 4.44. The van der Waals surface area contributed by atoms with Crippen molar-refractivity contribution in [3.8, 4) is 0 Å². The number of amides is 1. The second kappa shape index (κ2) is 8.97. The topological polar surface area (TPSA) is 71.2 Å². The highest BCUT2D eigenvalue weighted by Crippen LogP contribution is 2.26. The van der Waals surface area contributed by atoms with E-state index in [4.69, 9.17) is 17.3 Å². The summed E-state index contributed by atoms with van der Waals surface area (Å²) in [6, 6.07) is 10.8. The normalized spacial score (nSPS) is 16.0. The van der Waals surface area contributed by atoms with Crippen molar-refractivity contribution in [1.29, 1.82) is 0 Å². The zero-order valence-corrected chi connectivity index (χ0v) is 15.2. The van der Waals surface area contributed by atoms with Crippen molar-refractivity contribution in [2.45, 2.75) is 12.5 Å². The summed E-state index contributed by atoms with van der Waals surface area (Å²) in [5, 5.41) is 3.65. The first-order valence-corrected chi connectivity index (χ1v) is 7.54. The van der Waals surface area contributed by atoms with E-state index >= 15 is 0 Å². The number of para-hydroxylation sites is 1. The average Bonchev–Trinajstić information content (AvgIpc) is 2.96. The molecule has 0 radical (unpaired) electrons. The molecule has 130 valence electrons. The largest absolute Gasteiger partial charge is 0.398 e. The van der Waals surface area contributed by atoms with Crippen LogP contribution < -0.4 is 16.0 Å². The number of carbonyl (C=O) groups excluding carboxylic acids is 1. The van der Waals surface area contributed by atoms with E-state index in [-0.39, 0.29) is 36.8 Å². The van der Waals surface area contributed by atoms with Gasteiger partial charge in [0.05, 0.1) is 10.6 Å². The maximum Gasteiger partial charge on any atom is 0.253 e. The second-order valence-electron chi connectivity index (χ2n) is 5.30. The minimum atomic E-state index is -0.142. The predicted molar refractivity (Wildman–Crippen MR) is 103 cm³/mol. The molecule has 0 saturated carbocycles. The van der Waals surface area contributed by atoms with Gasteiger partial charge in [-0.25, -0.2) is 4.98 Å². The maximum absolute atomic E-state index is 12.3. The third-order valence-electron chi connectivity index (χ3n) is 3.77. The van der Waals surface area contributed by atoms with E-state index in [1.54, 1.807) is 30.5 Å². The van der Waals surface area contributed by atoms with Gasteiger partial charge in [0.1, 0.15) is 5.82 Å². The minimum Gasteiger partial charge on any atom is -0.398 e. The smallest absolute Gasteiger partial charge is 0.253 e. The molecule has 0 bridgehead atoms. The van der Waals surface area contributed by atoms with Crippen LogP contribution in [0.4, 0.5) is 11.5 Å². The van der Waals surface area contributed by atoms with Gasteiger partial charge in [-0.1, -0.05) is 23.7 Å². The van der Waals surface area contributed by atoms with Crippen LogP contribution in [0.1, 0.15) is 16.8 Å². The van der Waals surface area contributed by atoms with Gasteiger partial charge in [0.15, 0.2) is 0 Å². The molecule has 8 heteroatoms. The summed E-state index contributed by atoms with van der Waals surface area (Å²) in [6.07, 6.45) is 2.57. The quantitative estimate of drug-likeness (QED) is 0.791. The summed E-state index contributed by atoms with van der Waals surface area (Å²) in [5.74, 6) is 0.622. The number of aromatic nitrogens is 1. The summed E-state index contributed by atoms with van der Waals surface area (Å²) in [5.41, 5.74) is 6.83. The van der Waals surface area contributed by atoms with Gasteiger partial charge >= 0.3 is 0 Å². The van der Waals surface area contributed by atoms with Crippen LogP contribution in [0.3, 0.4) is 0 Å². The van der Waals surface area contributed by atoms with E-state index in [2.05, 4.69) is 15.2 Å². The van der Waals surface area contributed by atoms with Crippen LogP contribution in [0, 0.1) is 0 Å². The second-order valence-corrected chi connectivity index (χ2v) is 5.71. The van der Waals surface area contributed by atoms with E-state index in [0.29, 0.717) is 22.8 Å². The van der Waals surface area contributed by atoms with Gasteiger partial charge in [0, 0.05) is 31.0 Å². The molecule has 3 rings (SSSR count). The van der Waals surface area contributed by atoms with Gasteiger partial charge in [-0.05, 0) is 30.7 Å². The number of hydrogen-bond acceptors (Lipinski definition) is 4. The first-order chi connectivity index (χ1) is 10.6. The van der Waals surface area contributed by atoms with Crippen molar-refractivity contribution in [3.05, 3.63) is 53.2 Å². The Morgan fingerprint density at radius 1 is 1.25 bits per heavy atom. The number of nitrogens with two attached hydrogens (primary N) is 1. The zero-order valence-electron chi connectivity index (χ0n) is 12.8. The summed E-state index contributed by atoms with van der Waals surface area (Å²) in [7, 11) is 0.